The molecule has 2 saturated heterocycles. The molecule has 4 amide bonds. The SMILES string of the molecule is Cc1cccc(N2CCN(C(=O)NCCN3C(=O)CCC3=O)CC2)c1. The summed E-state index contributed by atoms with van der Waals surface area (Å²) in [5, 5.41) is 2.81. The van der Waals surface area contributed by atoms with Crippen LogP contribution in [0.1, 0.15) is 18.4 Å². The summed E-state index contributed by atoms with van der Waals surface area (Å²) in [5.41, 5.74) is 2.41. The van der Waals surface area contributed by atoms with Crippen molar-refractivity contribution in [2.24, 2.45) is 0 Å². The largest absolute Gasteiger partial charge is 0.368 e. The maximum absolute atomic E-state index is 12.2. The minimum absolute atomic E-state index is 0.136. The predicted molar refractivity (Wildman–Crippen MR) is 94.3 cm³/mol. The molecular weight excluding hydrogens is 320 g/mol. The number of urea groups is 1. The topological polar surface area (TPSA) is 73.0 Å². The molecule has 0 unspecified atom stereocenters. The average Bonchev–Trinajstić information content (AvgIpc) is 2.94. The van der Waals surface area contributed by atoms with Gasteiger partial charge in [0.2, 0.25) is 11.8 Å². The Balaban J connectivity index is 1.42. The molecule has 2 heterocycles. The molecule has 1 aromatic rings. The van der Waals surface area contributed by atoms with E-state index in [-0.39, 0.29) is 37.2 Å². The zero-order chi connectivity index (χ0) is 17.8. The smallest absolute Gasteiger partial charge is 0.317 e. The number of amides is 4. The van der Waals surface area contributed by atoms with Gasteiger partial charge in [0.05, 0.1) is 0 Å². The first-order valence-electron chi connectivity index (χ1n) is 8.72. The lowest BCUT2D eigenvalue weighted by Gasteiger charge is -2.36. The zero-order valence-electron chi connectivity index (χ0n) is 14.5. The monoisotopic (exact) mass is 344 g/mol. The summed E-state index contributed by atoms with van der Waals surface area (Å²) in [5.74, 6) is -0.294. The fraction of sp³-hybridized carbons (Fsp3) is 0.500. The van der Waals surface area contributed by atoms with E-state index in [1.165, 1.54) is 16.2 Å². The van der Waals surface area contributed by atoms with Crippen molar-refractivity contribution in [3.8, 4) is 0 Å². The highest BCUT2D eigenvalue weighted by atomic mass is 16.2. The maximum atomic E-state index is 12.2. The van der Waals surface area contributed by atoms with Gasteiger partial charge in [-0.3, -0.25) is 14.5 Å². The number of anilines is 1. The van der Waals surface area contributed by atoms with Crippen LogP contribution in [0, 0.1) is 6.92 Å². The van der Waals surface area contributed by atoms with Crippen molar-refractivity contribution in [3.63, 3.8) is 0 Å². The molecule has 134 valence electrons. The Kier molecular flexibility index (Phi) is 5.21. The third kappa shape index (κ3) is 4.10. The molecule has 0 spiro atoms. The van der Waals surface area contributed by atoms with Crippen molar-refractivity contribution in [3.05, 3.63) is 29.8 Å². The van der Waals surface area contributed by atoms with Crippen LogP contribution in [0.15, 0.2) is 24.3 Å². The van der Waals surface area contributed by atoms with E-state index >= 15 is 0 Å². The van der Waals surface area contributed by atoms with Crippen molar-refractivity contribution in [2.75, 3.05) is 44.2 Å². The number of carbonyl (C=O) groups is 3. The van der Waals surface area contributed by atoms with Gasteiger partial charge in [-0.25, -0.2) is 4.79 Å². The van der Waals surface area contributed by atoms with E-state index < -0.39 is 0 Å². The molecule has 0 aliphatic carbocycles. The fourth-order valence-electron chi connectivity index (χ4n) is 3.25. The van der Waals surface area contributed by atoms with Crippen LogP contribution in [-0.4, -0.2) is 66.9 Å². The summed E-state index contributed by atoms with van der Waals surface area (Å²) in [6.07, 6.45) is 0.571. The van der Waals surface area contributed by atoms with Gasteiger partial charge < -0.3 is 15.1 Å². The Morgan fingerprint density at radius 2 is 1.76 bits per heavy atom. The van der Waals surface area contributed by atoms with Crippen LogP contribution in [0.2, 0.25) is 0 Å². The normalized spacial score (nSPS) is 18.0. The minimum atomic E-state index is -0.147. The molecule has 2 aliphatic rings. The Morgan fingerprint density at radius 3 is 2.40 bits per heavy atom. The van der Waals surface area contributed by atoms with Crippen molar-refractivity contribution in [1.29, 1.82) is 0 Å². The first-order valence-corrected chi connectivity index (χ1v) is 8.72. The van der Waals surface area contributed by atoms with Gasteiger partial charge in [0.1, 0.15) is 0 Å². The molecule has 2 aliphatic heterocycles. The lowest BCUT2D eigenvalue weighted by molar-refractivity contribution is -0.138. The highest BCUT2D eigenvalue weighted by Gasteiger charge is 2.28. The van der Waals surface area contributed by atoms with Crippen LogP contribution in [0.5, 0.6) is 0 Å². The van der Waals surface area contributed by atoms with Gasteiger partial charge in [-0.1, -0.05) is 12.1 Å². The summed E-state index contributed by atoms with van der Waals surface area (Å²) in [7, 11) is 0. The lowest BCUT2D eigenvalue weighted by Crippen LogP contribution is -2.52. The molecule has 0 bridgehead atoms. The number of nitrogens with one attached hydrogen (secondary N) is 1. The standard InChI is InChI=1S/C18H24N4O3/c1-14-3-2-4-15(13-14)20-9-11-21(12-10-20)18(25)19-7-8-22-16(23)5-6-17(22)24/h2-4,13H,5-12H2,1H3,(H,19,25). The number of rotatable bonds is 4. The number of aryl methyl sites for hydroxylation is 1. The third-order valence-electron chi connectivity index (χ3n) is 4.70. The number of hydrogen-bond acceptors (Lipinski definition) is 4. The van der Waals surface area contributed by atoms with Gasteiger partial charge in [-0.2, -0.15) is 0 Å². The molecule has 7 nitrogen and oxygen atoms in total. The molecule has 7 heteroatoms. The van der Waals surface area contributed by atoms with E-state index in [1.807, 2.05) is 6.07 Å². The van der Waals surface area contributed by atoms with Crippen molar-refractivity contribution < 1.29 is 14.4 Å². The van der Waals surface area contributed by atoms with Gasteiger partial charge >= 0.3 is 6.03 Å². The Bertz CT molecular complexity index is 652. The van der Waals surface area contributed by atoms with Crippen LogP contribution in [0.4, 0.5) is 10.5 Å². The molecule has 1 aromatic carbocycles. The number of nitrogens with zero attached hydrogens (tertiary/aromatic N) is 3. The van der Waals surface area contributed by atoms with Crippen LogP contribution in [-0.2, 0) is 9.59 Å². The highest BCUT2D eigenvalue weighted by molar-refractivity contribution is 6.01. The number of hydrogen-bond donors (Lipinski definition) is 1. The molecule has 0 aromatic heterocycles. The van der Waals surface area contributed by atoms with Gasteiger partial charge in [-0.15, -0.1) is 0 Å². The van der Waals surface area contributed by atoms with E-state index in [1.54, 1.807) is 4.90 Å². The second kappa shape index (κ2) is 7.55. The van der Waals surface area contributed by atoms with Crippen molar-refractivity contribution in [1.82, 2.24) is 15.1 Å². The van der Waals surface area contributed by atoms with Gasteiger partial charge in [0.25, 0.3) is 0 Å². The Hall–Kier alpha value is -2.57. The predicted octanol–water partition coefficient (Wildman–Crippen LogP) is 0.976. The van der Waals surface area contributed by atoms with E-state index in [0.29, 0.717) is 19.6 Å². The van der Waals surface area contributed by atoms with E-state index in [4.69, 9.17) is 0 Å². The summed E-state index contributed by atoms with van der Waals surface area (Å²) in [6.45, 7) is 5.52. The van der Waals surface area contributed by atoms with E-state index in [0.717, 1.165) is 13.1 Å². The zero-order valence-corrected chi connectivity index (χ0v) is 14.5. The van der Waals surface area contributed by atoms with Crippen LogP contribution < -0.4 is 10.2 Å². The first kappa shape index (κ1) is 17.3. The lowest BCUT2D eigenvalue weighted by atomic mass is 10.2. The second-order valence-corrected chi connectivity index (χ2v) is 6.48. The molecule has 25 heavy (non-hydrogen) atoms. The minimum Gasteiger partial charge on any atom is -0.368 e. The van der Waals surface area contributed by atoms with Crippen LogP contribution in [0.25, 0.3) is 0 Å². The quantitative estimate of drug-likeness (QED) is 0.827. The van der Waals surface area contributed by atoms with Crippen molar-refractivity contribution >= 4 is 23.5 Å². The second-order valence-electron chi connectivity index (χ2n) is 6.48. The fourth-order valence-corrected chi connectivity index (χ4v) is 3.25. The van der Waals surface area contributed by atoms with E-state index in [9.17, 15) is 14.4 Å². The van der Waals surface area contributed by atoms with Crippen molar-refractivity contribution in [2.45, 2.75) is 19.8 Å². The molecule has 0 saturated carbocycles. The number of carbonyl (C=O) groups excluding carboxylic acids is 3. The molecule has 1 N–H and O–H groups in total. The molecule has 0 radical (unpaired) electrons. The maximum Gasteiger partial charge on any atom is 0.317 e. The third-order valence-corrected chi connectivity index (χ3v) is 4.70. The van der Waals surface area contributed by atoms with E-state index in [2.05, 4.69) is 35.3 Å². The van der Waals surface area contributed by atoms with Gasteiger partial charge in [0.15, 0.2) is 0 Å². The van der Waals surface area contributed by atoms with Gasteiger partial charge in [0, 0.05) is 57.8 Å². The summed E-state index contributed by atoms with van der Waals surface area (Å²) in [4.78, 5) is 40.6. The first-order chi connectivity index (χ1) is 12.0. The average molecular weight is 344 g/mol. The van der Waals surface area contributed by atoms with Gasteiger partial charge in [-0.05, 0) is 24.6 Å². The number of piperazine rings is 1. The summed E-state index contributed by atoms with van der Waals surface area (Å²) < 4.78 is 0. The molecule has 2 fully saturated rings. The summed E-state index contributed by atoms with van der Waals surface area (Å²) in [6, 6.07) is 8.23. The van der Waals surface area contributed by atoms with Crippen LogP contribution >= 0.6 is 0 Å². The Labute approximate surface area is 147 Å². The number of imide groups is 1. The molecule has 3 rings (SSSR count). The number of benzene rings is 1. The number of likely N-dealkylation sites (tertiary alicyclic amines) is 1. The Morgan fingerprint density at radius 1 is 1.08 bits per heavy atom. The van der Waals surface area contributed by atoms with Crippen LogP contribution in [0.3, 0.4) is 0 Å². The summed E-state index contributed by atoms with van der Waals surface area (Å²) >= 11 is 0. The highest BCUT2D eigenvalue weighted by Crippen LogP contribution is 2.17. The molecular formula is C18H24N4O3. The molecule has 0 atom stereocenters.